The van der Waals surface area contributed by atoms with Crippen LogP contribution in [0.4, 0.5) is 0 Å². The minimum Gasteiger partial charge on any atom is -0.481 e. The molecule has 7 nitrogen and oxygen atoms in total. The Balaban J connectivity index is 0.000000356. The Labute approximate surface area is 282 Å². The van der Waals surface area contributed by atoms with Crippen molar-refractivity contribution in [2.24, 2.45) is 0 Å². The van der Waals surface area contributed by atoms with Crippen molar-refractivity contribution >= 4 is 46.8 Å². The van der Waals surface area contributed by atoms with Crippen LogP contribution >= 0.6 is 22.7 Å². The standard InChI is InChI=1S/C14H15NO2S.C14H13NO2S.C5H10O.CH3.Pd/c2*1-10-15-13(9-18-10)6-5-11-3-2-4-12(7-11)8-14(16)17;1-5-3-2-4-6-5;;/h2-4,7,9H,5-6,8H2,1H3,(H,16,17);2-7,9H,8H2,1H3,(H,16,17);5H,2-4H2,1H3;1H3;/q;;;-1;. The van der Waals surface area contributed by atoms with Crippen LogP contribution in [0.1, 0.15) is 63.4 Å². The molecule has 1 atom stereocenters. The monoisotopic (exact) mass is 727 g/mol. The summed E-state index contributed by atoms with van der Waals surface area (Å²) >= 11 is 3.27. The van der Waals surface area contributed by atoms with Crippen molar-refractivity contribution in [3.05, 3.63) is 110 Å². The van der Waals surface area contributed by atoms with E-state index in [0.717, 1.165) is 57.5 Å². The Morgan fingerprint density at radius 1 is 0.886 bits per heavy atom. The van der Waals surface area contributed by atoms with Crippen LogP contribution in [0.3, 0.4) is 0 Å². The second-order valence-electron chi connectivity index (χ2n) is 10.0. The van der Waals surface area contributed by atoms with E-state index >= 15 is 0 Å². The number of carbonyl (C=O) groups is 2. The molecule has 1 aliphatic heterocycles. The van der Waals surface area contributed by atoms with Crippen molar-refractivity contribution in [2.45, 2.75) is 65.4 Å². The van der Waals surface area contributed by atoms with E-state index < -0.39 is 11.9 Å². The molecule has 10 heteroatoms. The molecule has 0 spiro atoms. The summed E-state index contributed by atoms with van der Waals surface area (Å²) in [6.07, 6.45) is 8.90. The largest absolute Gasteiger partial charge is 0.481 e. The average molecular weight is 728 g/mol. The van der Waals surface area contributed by atoms with Gasteiger partial charge >= 0.3 is 11.9 Å². The molecule has 1 saturated heterocycles. The van der Waals surface area contributed by atoms with Gasteiger partial charge in [0, 0.05) is 37.8 Å². The minimum absolute atomic E-state index is 0. The van der Waals surface area contributed by atoms with Crippen LogP contribution in [-0.2, 0) is 60.4 Å². The Morgan fingerprint density at radius 3 is 2.02 bits per heavy atom. The van der Waals surface area contributed by atoms with Gasteiger partial charge in [-0.05, 0) is 74.8 Å². The van der Waals surface area contributed by atoms with Gasteiger partial charge in [0.25, 0.3) is 0 Å². The third kappa shape index (κ3) is 15.6. The number of nitrogens with zero attached hydrogens (tertiary/aromatic N) is 2. The Kier molecular flexibility index (Phi) is 18.5. The molecule has 2 aromatic carbocycles. The van der Waals surface area contributed by atoms with Crippen LogP contribution in [0.5, 0.6) is 0 Å². The first-order valence-electron chi connectivity index (χ1n) is 13.9. The van der Waals surface area contributed by atoms with Gasteiger partial charge < -0.3 is 22.4 Å². The topological polar surface area (TPSA) is 110 Å². The normalized spacial score (nSPS) is 13.5. The van der Waals surface area contributed by atoms with Crippen molar-refractivity contribution < 1.29 is 45.0 Å². The number of ether oxygens (including phenoxy) is 1. The van der Waals surface area contributed by atoms with Gasteiger partial charge in [-0.25, -0.2) is 9.97 Å². The van der Waals surface area contributed by atoms with Crippen molar-refractivity contribution in [3.8, 4) is 0 Å². The molecule has 4 aromatic rings. The first kappa shape index (κ1) is 39.0. The molecule has 1 fully saturated rings. The zero-order valence-corrected chi connectivity index (χ0v) is 28.8. The predicted molar refractivity (Wildman–Crippen MR) is 177 cm³/mol. The summed E-state index contributed by atoms with van der Waals surface area (Å²) in [4.78, 5) is 30.0. The van der Waals surface area contributed by atoms with Gasteiger partial charge in [0.1, 0.15) is 0 Å². The van der Waals surface area contributed by atoms with E-state index in [1.165, 1.54) is 18.4 Å². The summed E-state index contributed by atoms with van der Waals surface area (Å²) in [6.45, 7) is 7.07. The molecule has 5 rings (SSSR count). The van der Waals surface area contributed by atoms with Gasteiger partial charge in [-0.3, -0.25) is 9.59 Å². The fourth-order valence-electron chi connectivity index (χ4n) is 4.22. The number of aromatic nitrogens is 2. The number of carboxylic acid groups (broad SMARTS) is 2. The number of benzene rings is 2. The first-order chi connectivity index (χ1) is 20.2. The molecule has 2 N–H and O–H groups in total. The maximum Gasteiger partial charge on any atom is 0.307 e. The SMILES string of the molecule is CC1CCCO1.Cc1nc(C=Cc2cccc(CC(=O)O)c2)cs1.Cc1nc(CCc2cccc(CC(=O)O)c2)cs1.[CH3-].[Pd]. The summed E-state index contributed by atoms with van der Waals surface area (Å²) in [5.74, 6) is -1.60. The molecule has 0 amide bonds. The van der Waals surface area contributed by atoms with E-state index in [1.807, 2.05) is 79.9 Å². The maximum atomic E-state index is 10.7. The molecular weight excluding hydrogens is 687 g/mol. The van der Waals surface area contributed by atoms with Crippen LogP contribution in [0.2, 0.25) is 0 Å². The van der Waals surface area contributed by atoms with E-state index in [2.05, 4.69) is 22.3 Å². The smallest absolute Gasteiger partial charge is 0.307 e. The number of thiazole rings is 2. The molecule has 44 heavy (non-hydrogen) atoms. The molecule has 0 radical (unpaired) electrons. The number of carboxylic acids is 2. The van der Waals surface area contributed by atoms with Crippen molar-refractivity contribution in [1.29, 1.82) is 0 Å². The Hall–Kier alpha value is -3.00. The van der Waals surface area contributed by atoms with E-state index in [1.54, 1.807) is 22.7 Å². The quantitative estimate of drug-likeness (QED) is 0.134. The summed E-state index contributed by atoms with van der Waals surface area (Å²) in [5.41, 5.74) is 5.86. The van der Waals surface area contributed by atoms with Gasteiger partial charge in [-0.15, -0.1) is 22.7 Å². The molecule has 0 saturated carbocycles. The van der Waals surface area contributed by atoms with Crippen LogP contribution in [0.15, 0.2) is 59.3 Å². The summed E-state index contributed by atoms with van der Waals surface area (Å²) in [7, 11) is 0. The summed E-state index contributed by atoms with van der Waals surface area (Å²) < 4.78 is 5.15. The van der Waals surface area contributed by atoms with E-state index in [9.17, 15) is 9.59 Å². The number of aliphatic carboxylic acids is 2. The number of hydrogen-bond donors (Lipinski definition) is 2. The minimum atomic E-state index is -0.814. The fraction of sp³-hybridized carbons (Fsp3) is 0.324. The molecule has 1 unspecified atom stereocenters. The molecular formula is C34H41N2O5PdS2-. The summed E-state index contributed by atoms with van der Waals surface area (Å²) in [6, 6.07) is 15.3. The zero-order chi connectivity index (χ0) is 30.3. The van der Waals surface area contributed by atoms with Crippen LogP contribution in [-0.4, -0.2) is 44.8 Å². The molecule has 0 bridgehead atoms. The second-order valence-corrected chi connectivity index (χ2v) is 12.1. The van der Waals surface area contributed by atoms with Crippen LogP contribution in [0, 0.1) is 21.3 Å². The Morgan fingerprint density at radius 2 is 1.50 bits per heavy atom. The van der Waals surface area contributed by atoms with E-state index in [-0.39, 0.29) is 40.7 Å². The van der Waals surface area contributed by atoms with Crippen LogP contribution < -0.4 is 0 Å². The predicted octanol–water partition coefficient (Wildman–Crippen LogP) is 7.75. The van der Waals surface area contributed by atoms with Gasteiger partial charge in [0.2, 0.25) is 0 Å². The van der Waals surface area contributed by atoms with Gasteiger partial charge in [0.05, 0.1) is 40.3 Å². The Bertz CT molecular complexity index is 1460. The average Bonchev–Trinajstić information content (AvgIpc) is 3.70. The fourth-order valence-corrected chi connectivity index (χ4v) is 5.45. The maximum absolute atomic E-state index is 10.7. The van der Waals surface area contributed by atoms with Crippen LogP contribution in [0.25, 0.3) is 12.2 Å². The molecule has 240 valence electrons. The van der Waals surface area contributed by atoms with Crippen molar-refractivity contribution in [2.75, 3.05) is 6.61 Å². The summed E-state index contributed by atoms with van der Waals surface area (Å²) in [5, 5.41) is 23.7. The molecule has 3 heterocycles. The van der Waals surface area contributed by atoms with E-state index in [4.69, 9.17) is 14.9 Å². The van der Waals surface area contributed by atoms with Crippen molar-refractivity contribution in [3.63, 3.8) is 0 Å². The molecule has 2 aromatic heterocycles. The third-order valence-electron chi connectivity index (χ3n) is 6.23. The molecule has 1 aliphatic rings. The number of hydrogen-bond acceptors (Lipinski definition) is 7. The van der Waals surface area contributed by atoms with E-state index in [0.29, 0.717) is 6.10 Å². The third-order valence-corrected chi connectivity index (χ3v) is 7.84. The second kappa shape index (κ2) is 20.9. The van der Waals surface area contributed by atoms with Gasteiger partial charge in [-0.1, -0.05) is 54.6 Å². The zero-order valence-electron chi connectivity index (χ0n) is 25.6. The van der Waals surface area contributed by atoms with Crippen molar-refractivity contribution in [1.82, 2.24) is 9.97 Å². The van der Waals surface area contributed by atoms with Gasteiger partial charge in [-0.2, -0.15) is 0 Å². The number of aryl methyl sites for hydroxylation is 4. The number of rotatable bonds is 9. The molecule has 0 aliphatic carbocycles. The van der Waals surface area contributed by atoms with Gasteiger partial charge in [0.15, 0.2) is 0 Å². The first-order valence-corrected chi connectivity index (χ1v) is 15.7.